The van der Waals surface area contributed by atoms with Gasteiger partial charge in [0.1, 0.15) is 5.75 Å². The van der Waals surface area contributed by atoms with E-state index in [1.807, 2.05) is 31.2 Å². The first-order valence-electron chi connectivity index (χ1n) is 7.59. The molecule has 0 radical (unpaired) electrons. The molecule has 3 rings (SSSR count). The number of nitrogens with two attached hydrogens (primary N) is 1. The molecule has 7 nitrogen and oxygen atoms in total. The Balaban J connectivity index is 2.12. The fourth-order valence-electron chi connectivity index (χ4n) is 2.85. The highest BCUT2D eigenvalue weighted by atomic mass is 16.5. The molecule has 1 atom stereocenters. The van der Waals surface area contributed by atoms with E-state index in [4.69, 9.17) is 20.1 Å². The molecule has 0 fully saturated rings. The Morgan fingerprint density at radius 2 is 2.08 bits per heavy atom. The summed E-state index contributed by atoms with van der Waals surface area (Å²) >= 11 is 0. The molecule has 2 N–H and O–H groups in total. The van der Waals surface area contributed by atoms with Crippen LogP contribution < -0.4 is 15.3 Å². The molecule has 1 aromatic carbocycles. The Bertz CT molecular complexity index is 793. The molecule has 1 aliphatic rings. The number of nitrogens with zero attached hydrogens (tertiary/aromatic N) is 2. The van der Waals surface area contributed by atoms with Gasteiger partial charge in [0, 0.05) is 5.92 Å². The number of hydrogen-bond acceptors (Lipinski definition) is 6. The number of rotatable bonds is 4. The lowest BCUT2D eigenvalue weighted by atomic mass is 9.85. The van der Waals surface area contributed by atoms with E-state index in [9.17, 15) is 4.79 Å². The number of carbonyl (C=O) groups excluding carboxylic acids is 1. The van der Waals surface area contributed by atoms with Crippen LogP contribution in [0.25, 0.3) is 0 Å². The number of esters is 1. The zero-order valence-corrected chi connectivity index (χ0v) is 13.8. The summed E-state index contributed by atoms with van der Waals surface area (Å²) in [5.41, 5.74) is 2.72. The van der Waals surface area contributed by atoms with Crippen molar-refractivity contribution in [1.82, 2.24) is 9.89 Å². The fraction of sp³-hybridized carbons (Fsp3) is 0.294. The lowest BCUT2D eigenvalue weighted by Crippen LogP contribution is -2.22. The van der Waals surface area contributed by atoms with Crippen molar-refractivity contribution in [3.8, 4) is 11.6 Å². The average molecular weight is 329 g/mol. The van der Waals surface area contributed by atoms with E-state index in [2.05, 4.69) is 5.10 Å². The van der Waals surface area contributed by atoms with E-state index in [-0.39, 0.29) is 18.2 Å². The Kier molecular flexibility index (Phi) is 4.16. The van der Waals surface area contributed by atoms with Crippen LogP contribution in [0, 0.1) is 0 Å². The maximum atomic E-state index is 12.3. The lowest BCUT2D eigenvalue weighted by Gasteiger charge is -2.23. The molecule has 0 spiro atoms. The SMILES string of the molecule is CCOC(=O)c1c2c(nn1N)OC=C(C)C2c1ccc(OC)cc1. The van der Waals surface area contributed by atoms with Gasteiger partial charge in [0.15, 0.2) is 5.69 Å². The molecule has 7 heteroatoms. The number of ether oxygens (including phenoxy) is 3. The van der Waals surface area contributed by atoms with Gasteiger partial charge in [-0.2, -0.15) is 4.79 Å². The summed E-state index contributed by atoms with van der Waals surface area (Å²) in [6.45, 7) is 3.92. The molecule has 0 saturated carbocycles. The first-order chi connectivity index (χ1) is 11.6. The molecule has 1 aliphatic heterocycles. The van der Waals surface area contributed by atoms with Crippen LogP contribution in [0.5, 0.6) is 11.6 Å². The van der Waals surface area contributed by atoms with Gasteiger partial charge in [-0.25, -0.2) is 4.79 Å². The number of carbonyl (C=O) groups is 1. The Hall–Kier alpha value is -2.96. The first-order valence-corrected chi connectivity index (χ1v) is 7.59. The predicted octanol–water partition coefficient (Wildman–Crippen LogP) is 2.21. The van der Waals surface area contributed by atoms with Gasteiger partial charge in [-0.05, 0) is 37.1 Å². The highest BCUT2D eigenvalue weighted by molar-refractivity contribution is 5.91. The standard InChI is InChI=1S/C17H19N3O4/c1-4-23-17(21)15-14-13(11-5-7-12(22-3)8-6-11)10(2)9-24-16(14)19-20(15)18/h5-9,13H,4,18H2,1-3H3. The quantitative estimate of drug-likeness (QED) is 0.683. The monoisotopic (exact) mass is 329 g/mol. The van der Waals surface area contributed by atoms with Gasteiger partial charge in [-0.3, -0.25) is 0 Å². The Labute approximate surface area is 139 Å². The van der Waals surface area contributed by atoms with Crippen molar-refractivity contribution in [2.45, 2.75) is 19.8 Å². The second kappa shape index (κ2) is 6.27. The number of methoxy groups -OCH3 is 1. The Morgan fingerprint density at radius 3 is 2.71 bits per heavy atom. The smallest absolute Gasteiger partial charge is 0.359 e. The van der Waals surface area contributed by atoms with Crippen LogP contribution in [0.1, 0.15) is 41.4 Å². The van der Waals surface area contributed by atoms with Gasteiger partial charge in [0.2, 0.25) is 5.88 Å². The van der Waals surface area contributed by atoms with Crippen molar-refractivity contribution in [3.63, 3.8) is 0 Å². The zero-order chi connectivity index (χ0) is 17.3. The van der Waals surface area contributed by atoms with E-state index in [0.717, 1.165) is 21.7 Å². The minimum Gasteiger partial charge on any atom is -0.497 e. The number of nitrogen functional groups attached to an aromatic ring is 1. The molecule has 0 aliphatic carbocycles. The van der Waals surface area contributed by atoms with E-state index in [1.165, 1.54) is 0 Å². The summed E-state index contributed by atoms with van der Waals surface area (Å²) in [5.74, 6) is 6.21. The van der Waals surface area contributed by atoms with Crippen molar-refractivity contribution in [2.24, 2.45) is 0 Å². The van der Waals surface area contributed by atoms with Crippen molar-refractivity contribution in [2.75, 3.05) is 19.6 Å². The summed E-state index contributed by atoms with van der Waals surface area (Å²) in [7, 11) is 1.62. The predicted molar refractivity (Wildman–Crippen MR) is 87.6 cm³/mol. The topological polar surface area (TPSA) is 88.6 Å². The third-order valence-electron chi connectivity index (χ3n) is 3.93. The minimum atomic E-state index is -0.523. The van der Waals surface area contributed by atoms with Crippen LogP contribution in [0.4, 0.5) is 0 Å². The summed E-state index contributed by atoms with van der Waals surface area (Å²) in [4.78, 5) is 13.3. The van der Waals surface area contributed by atoms with Crippen molar-refractivity contribution in [3.05, 3.63) is 52.9 Å². The van der Waals surface area contributed by atoms with Crippen LogP contribution in [0.3, 0.4) is 0 Å². The largest absolute Gasteiger partial charge is 0.497 e. The average Bonchev–Trinajstić information content (AvgIpc) is 2.91. The number of aromatic nitrogens is 2. The van der Waals surface area contributed by atoms with Gasteiger partial charge in [0.05, 0.1) is 25.5 Å². The third kappa shape index (κ3) is 2.58. The number of benzene rings is 1. The highest BCUT2D eigenvalue weighted by Gasteiger charge is 2.35. The van der Waals surface area contributed by atoms with Crippen molar-refractivity contribution >= 4 is 5.97 Å². The van der Waals surface area contributed by atoms with Crippen molar-refractivity contribution < 1.29 is 19.0 Å². The Morgan fingerprint density at radius 1 is 1.38 bits per heavy atom. The zero-order valence-electron chi connectivity index (χ0n) is 13.8. The molecule has 2 aromatic rings. The van der Waals surface area contributed by atoms with Crippen molar-refractivity contribution in [1.29, 1.82) is 0 Å². The molecule has 2 heterocycles. The molecular weight excluding hydrogens is 310 g/mol. The molecule has 1 aromatic heterocycles. The maximum Gasteiger partial charge on any atom is 0.359 e. The third-order valence-corrected chi connectivity index (χ3v) is 3.93. The van der Waals surface area contributed by atoms with Crippen LogP contribution in [-0.2, 0) is 4.74 Å². The fourth-order valence-corrected chi connectivity index (χ4v) is 2.85. The summed E-state index contributed by atoms with van der Waals surface area (Å²) in [6, 6.07) is 7.63. The van der Waals surface area contributed by atoms with Gasteiger partial charge in [-0.15, -0.1) is 5.10 Å². The molecule has 0 amide bonds. The minimum absolute atomic E-state index is 0.195. The van der Waals surface area contributed by atoms with Crippen LogP contribution in [0.15, 0.2) is 36.1 Å². The lowest BCUT2D eigenvalue weighted by molar-refractivity contribution is 0.0513. The van der Waals surface area contributed by atoms with Crippen LogP contribution in [-0.4, -0.2) is 29.6 Å². The van der Waals surface area contributed by atoms with E-state index >= 15 is 0 Å². The number of hydrogen-bond donors (Lipinski definition) is 1. The first kappa shape index (κ1) is 15.9. The molecule has 24 heavy (non-hydrogen) atoms. The van der Waals surface area contributed by atoms with Gasteiger partial charge in [-0.1, -0.05) is 12.1 Å². The molecular formula is C17H19N3O4. The summed E-state index contributed by atoms with van der Waals surface area (Å²) in [6.07, 6.45) is 1.62. The maximum absolute atomic E-state index is 12.3. The van der Waals surface area contributed by atoms with Gasteiger partial charge >= 0.3 is 5.97 Å². The van der Waals surface area contributed by atoms with E-state index < -0.39 is 5.97 Å². The normalized spacial score (nSPS) is 16.0. The molecule has 1 unspecified atom stereocenters. The van der Waals surface area contributed by atoms with Crippen LogP contribution >= 0.6 is 0 Å². The van der Waals surface area contributed by atoms with E-state index in [0.29, 0.717) is 11.4 Å². The summed E-state index contributed by atoms with van der Waals surface area (Å²) in [5, 5.41) is 4.10. The van der Waals surface area contributed by atoms with Gasteiger partial charge in [0.25, 0.3) is 0 Å². The van der Waals surface area contributed by atoms with Crippen LogP contribution in [0.2, 0.25) is 0 Å². The highest BCUT2D eigenvalue weighted by Crippen LogP contribution is 2.42. The second-order valence-electron chi connectivity index (χ2n) is 5.42. The second-order valence-corrected chi connectivity index (χ2v) is 5.42. The molecule has 0 bridgehead atoms. The summed E-state index contributed by atoms with van der Waals surface area (Å²) < 4.78 is 15.8. The number of fused-ring (bicyclic) bond motifs is 1. The van der Waals surface area contributed by atoms with Gasteiger partial charge < -0.3 is 20.1 Å². The number of allylic oxidation sites excluding steroid dienone is 1. The molecule has 126 valence electrons. The van der Waals surface area contributed by atoms with E-state index in [1.54, 1.807) is 20.3 Å². The molecule has 0 saturated heterocycles.